The summed E-state index contributed by atoms with van der Waals surface area (Å²) in [5, 5.41) is 69.3. The lowest BCUT2D eigenvalue weighted by atomic mass is 9.84. The van der Waals surface area contributed by atoms with Gasteiger partial charge < -0.3 is 72.2 Å². The van der Waals surface area contributed by atoms with E-state index in [1.165, 1.54) is 6.92 Å². The summed E-state index contributed by atoms with van der Waals surface area (Å²) in [6.07, 6.45) is -14.3. The summed E-state index contributed by atoms with van der Waals surface area (Å²) < 4.78 is 23.0. The van der Waals surface area contributed by atoms with Crippen molar-refractivity contribution in [3.05, 3.63) is 0 Å². The molecule has 0 bridgehead atoms. The van der Waals surface area contributed by atoms with E-state index in [1.807, 2.05) is 0 Å². The second-order valence-corrected chi connectivity index (χ2v) is 9.50. The van der Waals surface area contributed by atoms with Crippen molar-refractivity contribution < 1.29 is 49.6 Å². The van der Waals surface area contributed by atoms with Gasteiger partial charge in [-0.05, 0) is 13.3 Å². The van der Waals surface area contributed by atoms with Crippen LogP contribution in [0.5, 0.6) is 0 Å². The van der Waals surface area contributed by atoms with E-state index in [-0.39, 0.29) is 6.42 Å². The summed E-state index contributed by atoms with van der Waals surface area (Å²) in [5.74, 6) is -0.523. The van der Waals surface area contributed by atoms with Crippen molar-refractivity contribution >= 4 is 6.21 Å². The molecule has 0 aromatic heterocycles. The zero-order chi connectivity index (χ0) is 25.5. The second-order valence-electron chi connectivity index (χ2n) is 9.50. The molecule has 16 atom stereocenters. The minimum atomic E-state index is -1.49. The Morgan fingerprint density at radius 2 is 1.35 bits per heavy atom. The highest BCUT2D eigenvalue weighted by molar-refractivity contribution is 5.57. The van der Waals surface area contributed by atoms with Gasteiger partial charge in [-0.2, -0.15) is 0 Å². The molecule has 0 spiro atoms. The molecular formula is C20H38N4O10. The number of nitrogens with one attached hydrogen (secondary N) is 1. The van der Waals surface area contributed by atoms with Gasteiger partial charge in [0.1, 0.15) is 42.7 Å². The Morgan fingerprint density at radius 1 is 0.794 bits per heavy atom. The van der Waals surface area contributed by atoms with Crippen LogP contribution in [0.25, 0.3) is 0 Å². The third kappa shape index (κ3) is 5.29. The molecule has 0 amide bonds. The van der Waals surface area contributed by atoms with Crippen molar-refractivity contribution in [2.24, 2.45) is 23.1 Å². The topological polar surface area (TPSA) is 260 Å². The Morgan fingerprint density at radius 3 is 1.94 bits per heavy atom. The quantitative estimate of drug-likeness (QED) is 0.149. The van der Waals surface area contributed by atoms with Crippen LogP contribution in [0.2, 0.25) is 0 Å². The van der Waals surface area contributed by atoms with Crippen LogP contribution >= 0.6 is 0 Å². The standard InChI is InChI=1S/C20H38N4O10/c1-5(4-21)15-13(29)14(30)20(31-15)34-18-10(26)7(22)3-8(23)17(18)33-19-9(24)11(27)12(28)16(32-19)6(2)25/h4-21,25-30H,3,22-24H2,1-2H3/t5-,6-,7-,8?,9?,10-,11?,12+,13?,14?,15-,16?,17-,18?,19-,20+/m1/s1. The van der Waals surface area contributed by atoms with Gasteiger partial charge in [0, 0.05) is 24.2 Å². The summed E-state index contributed by atoms with van der Waals surface area (Å²) in [7, 11) is 0. The molecule has 3 fully saturated rings. The van der Waals surface area contributed by atoms with Crippen molar-refractivity contribution in [3.8, 4) is 0 Å². The van der Waals surface area contributed by atoms with Gasteiger partial charge in [0.15, 0.2) is 12.6 Å². The van der Waals surface area contributed by atoms with Crippen molar-refractivity contribution in [2.75, 3.05) is 0 Å². The third-order valence-electron chi connectivity index (χ3n) is 6.85. The average Bonchev–Trinajstić information content (AvgIpc) is 3.07. The molecule has 13 N–H and O–H groups in total. The molecule has 2 aliphatic heterocycles. The summed E-state index contributed by atoms with van der Waals surface area (Å²) >= 11 is 0. The van der Waals surface area contributed by atoms with Crippen molar-refractivity contribution in [1.82, 2.24) is 0 Å². The molecule has 1 aliphatic carbocycles. The van der Waals surface area contributed by atoms with Gasteiger partial charge in [-0.15, -0.1) is 0 Å². The molecule has 3 aliphatic rings. The summed E-state index contributed by atoms with van der Waals surface area (Å²) in [4.78, 5) is 0. The minimum Gasteiger partial charge on any atom is -0.391 e. The first-order valence-electron chi connectivity index (χ1n) is 11.4. The van der Waals surface area contributed by atoms with E-state index in [4.69, 9.17) is 41.6 Å². The highest BCUT2D eigenvalue weighted by Gasteiger charge is 2.53. The van der Waals surface area contributed by atoms with E-state index in [9.17, 15) is 30.6 Å². The molecule has 0 aromatic carbocycles. The van der Waals surface area contributed by atoms with E-state index in [2.05, 4.69) is 0 Å². The minimum absolute atomic E-state index is 0.128. The van der Waals surface area contributed by atoms with Crippen molar-refractivity contribution in [2.45, 2.75) is 112 Å². The van der Waals surface area contributed by atoms with Crippen molar-refractivity contribution in [3.63, 3.8) is 0 Å². The first kappa shape index (κ1) is 27.7. The zero-order valence-corrected chi connectivity index (χ0v) is 19.1. The Bertz CT molecular complexity index is 692. The predicted molar refractivity (Wildman–Crippen MR) is 115 cm³/mol. The molecule has 198 valence electrons. The maximum absolute atomic E-state index is 10.8. The van der Waals surface area contributed by atoms with Crippen LogP contribution in [0.1, 0.15) is 20.3 Å². The maximum atomic E-state index is 10.8. The lowest BCUT2D eigenvalue weighted by Crippen LogP contribution is -2.68. The number of hydrogen-bond acceptors (Lipinski definition) is 14. The molecule has 14 nitrogen and oxygen atoms in total. The van der Waals surface area contributed by atoms with E-state index in [1.54, 1.807) is 6.92 Å². The van der Waals surface area contributed by atoms with E-state index in [0.717, 1.165) is 6.21 Å². The van der Waals surface area contributed by atoms with Crippen molar-refractivity contribution in [1.29, 1.82) is 5.41 Å². The summed E-state index contributed by atoms with van der Waals surface area (Å²) in [6, 6.07) is -2.83. The highest BCUT2D eigenvalue weighted by atomic mass is 16.7. The first-order chi connectivity index (χ1) is 15.9. The molecule has 3 rings (SSSR count). The number of aliphatic hydroxyl groups is 6. The van der Waals surface area contributed by atoms with Gasteiger partial charge in [0.2, 0.25) is 0 Å². The molecule has 0 aromatic rings. The van der Waals surface area contributed by atoms with Crippen LogP contribution in [-0.4, -0.2) is 129 Å². The third-order valence-corrected chi connectivity index (χ3v) is 6.85. The molecule has 2 saturated heterocycles. The van der Waals surface area contributed by atoms with E-state index >= 15 is 0 Å². The Balaban J connectivity index is 1.80. The van der Waals surface area contributed by atoms with Gasteiger partial charge in [0.05, 0.1) is 24.4 Å². The van der Waals surface area contributed by atoms with Crippen LogP contribution < -0.4 is 17.2 Å². The Labute approximate surface area is 197 Å². The fraction of sp³-hybridized carbons (Fsp3) is 0.950. The lowest BCUT2D eigenvalue weighted by molar-refractivity contribution is -0.315. The maximum Gasteiger partial charge on any atom is 0.187 e. The normalized spacial score (nSPS) is 51.7. The van der Waals surface area contributed by atoms with Crippen LogP contribution in [-0.2, 0) is 18.9 Å². The van der Waals surface area contributed by atoms with Crippen LogP contribution in [0.4, 0.5) is 0 Å². The Hall–Kier alpha value is -0.850. The first-order valence-corrected chi connectivity index (χ1v) is 11.4. The van der Waals surface area contributed by atoms with E-state index < -0.39 is 97.7 Å². The fourth-order valence-electron chi connectivity index (χ4n) is 4.66. The molecular weight excluding hydrogens is 456 g/mol. The molecule has 0 radical (unpaired) electrons. The lowest BCUT2D eigenvalue weighted by Gasteiger charge is -2.47. The van der Waals surface area contributed by atoms with Gasteiger partial charge in [-0.3, -0.25) is 0 Å². The Kier molecular flexibility index (Phi) is 9.01. The van der Waals surface area contributed by atoms with Gasteiger partial charge in [-0.1, -0.05) is 6.92 Å². The summed E-state index contributed by atoms with van der Waals surface area (Å²) in [6.45, 7) is 2.99. The number of nitrogens with two attached hydrogens (primary N) is 3. The SMILES string of the molecule is C[C@H](C=N)[C@H]1O[C@@H](OC2[C@H](O[C@H]3OC([C@@H](C)O)[C@@H](O)C(O)C3N)C(N)C[C@@H](N)[C@H]2O)C(O)C1O. The van der Waals surface area contributed by atoms with Gasteiger partial charge in [-0.25, -0.2) is 0 Å². The van der Waals surface area contributed by atoms with Crippen LogP contribution in [0.3, 0.4) is 0 Å². The van der Waals surface area contributed by atoms with Crippen LogP contribution in [0, 0.1) is 11.3 Å². The number of ether oxygens (including phenoxy) is 4. The molecule has 14 heteroatoms. The van der Waals surface area contributed by atoms with Crippen LogP contribution in [0.15, 0.2) is 0 Å². The molecule has 7 unspecified atom stereocenters. The largest absolute Gasteiger partial charge is 0.391 e. The summed E-state index contributed by atoms with van der Waals surface area (Å²) in [5.41, 5.74) is 18.2. The molecule has 1 saturated carbocycles. The molecule has 34 heavy (non-hydrogen) atoms. The van der Waals surface area contributed by atoms with Gasteiger partial charge in [0.25, 0.3) is 0 Å². The number of rotatable bonds is 7. The number of hydrogen-bond donors (Lipinski definition) is 10. The highest BCUT2D eigenvalue weighted by Crippen LogP contribution is 2.33. The zero-order valence-electron chi connectivity index (χ0n) is 19.1. The molecule has 2 heterocycles. The average molecular weight is 495 g/mol. The monoisotopic (exact) mass is 494 g/mol. The van der Waals surface area contributed by atoms with E-state index in [0.29, 0.717) is 0 Å². The predicted octanol–water partition coefficient (Wildman–Crippen LogP) is -4.94. The number of aliphatic hydroxyl groups excluding tert-OH is 6. The van der Waals surface area contributed by atoms with Gasteiger partial charge >= 0.3 is 0 Å². The fourth-order valence-corrected chi connectivity index (χ4v) is 4.66. The smallest absolute Gasteiger partial charge is 0.187 e. The second kappa shape index (κ2) is 11.0.